The number of nitro groups is 1. The molecular weight excluding hydrogens is 516 g/mol. The van der Waals surface area contributed by atoms with Crippen LogP contribution in [0, 0.1) is 17.0 Å². The van der Waals surface area contributed by atoms with E-state index in [4.69, 9.17) is 4.84 Å². The first kappa shape index (κ1) is 27.2. The maximum Gasteiger partial charge on any atom is 0.332 e. The molecule has 0 saturated carbocycles. The van der Waals surface area contributed by atoms with E-state index in [9.17, 15) is 24.5 Å². The van der Waals surface area contributed by atoms with Gasteiger partial charge in [0, 0.05) is 39.5 Å². The van der Waals surface area contributed by atoms with Gasteiger partial charge < -0.3 is 4.84 Å². The monoisotopic (exact) mass is 538 g/mol. The predicted octanol–water partition coefficient (Wildman–Crippen LogP) is 6.44. The van der Waals surface area contributed by atoms with Crippen molar-refractivity contribution in [1.82, 2.24) is 0 Å². The van der Waals surface area contributed by atoms with E-state index in [2.05, 4.69) is 5.16 Å². The lowest BCUT2D eigenvalue weighted by Gasteiger charge is -2.10. The fourth-order valence-corrected chi connectivity index (χ4v) is 4.62. The molecule has 8 nitrogen and oxygen atoms in total. The summed E-state index contributed by atoms with van der Waals surface area (Å²) in [6, 6.07) is 27.3. The third-order valence-corrected chi connectivity index (χ3v) is 6.69. The second-order valence-electron chi connectivity index (χ2n) is 8.42. The van der Waals surface area contributed by atoms with E-state index in [-0.39, 0.29) is 28.3 Å². The van der Waals surface area contributed by atoms with Gasteiger partial charge >= 0.3 is 5.97 Å². The Morgan fingerprint density at radius 2 is 1.33 bits per heavy atom. The van der Waals surface area contributed by atoms with Gasteiger partial charge in [0.25, 0.3) is 5.69 Å². The van der Waals surface area contributed by atoms with Gasteiger partial charge in [0.15, 0.2) is 11.5 Å². The fraction of sp³-hybridized carbons (Fsp3) is 0.0667. The van der Waals surface area contributed by atoms with Crippen LogP contribution in [-0.2, 0) is 9.63 Å². The van der Waals surface area contributed by atoms with Crippen LogP contribution in [0.4, 0.5) is 5.69 Å². The number of Topliss-reactive ketones (excluding diaryl/α,β-unsaturated/α-hetero) is 1. The van der Waals surface area contributed by atoms with Gasteiger partial charge in [0.2, 0.25) is 5.78 Å². The van der Waals surface area contributed by atoms with Crippen LogP contribution >= 0.6 is 11.8 Å². The fourth-order valence-electron chi connectivity index (χ4n) is 3.80. The van der Waals surface area contributed by atoms with Crippen LogP contribution in [0.2, 0.25) is 0 Å². The summed E-state index contributed by atoms with van der Waals surface area (Å²) in [6.07, 6.45) is 0. The molecule has 4 rings (SSSR count). The summed E-state index contributed by atoms with van der Waals surface area (Å²) >= 11 is 1.44. The Labute approximate surface area is 228 Å². The molecule has 39 heavy (non-hydrogen) atoms. The molecular formula is C30H22N2O6S. The van der Waals surface area contributed by atoms with Crippen molar-refractivity contribution in [3.8, 4) is 0 Å². The second-order valence-corrected chi connectivity index (χ2v) is 9.57. The van der Waals surface area contributed by atoms with Gasteiger partial charge in [-0.2, -0.15) is 0 Å². The predicted molar refractivity (Wildman–Crippen MR) is 147 cm³/mol. The summed E-state index contributed by atoms with van der Waals surface area (Å²) in [5, 5.41) is 15.3. The third kappa shape index (κ3) is 6.52. The minimum atomic E-state index is -0.764. The average molecular weight is 539 g/mol. The van der Waals surface area contributed by atoms with Gasteiger partial charge in [-0.15, -0.1) is 0 Å². The van der Waals surface area contributed by atoms with Crippen LogP contribution in [0.5, 0.6) is 0 Å². The van der Waals surface area contributed by atoms with Crippen LogP contribution in [0.15, 0.2) is 112 Å². The third-order valence-electron chi connectivity index (χ3n) is 5.67. The molecule has 0 heterocycles. The van der Waals surface area contributed by atoms with E-state index in [0.717, 1.165) is 16.7 Å². The van der Waals surface area contributed by atoms with Crippen molar-refractivity contribution >= 4 is 40.7 Å². The highest BCUT2D eigenvalue weighted by molar-refractivity contribution is 7.99. The Morgan fingerprint density at radius 1 is 0.769 bits per heavy atom. The lowest BCUT2D eigenvalue weighted by molar-refractivity contribution is -0.385. The first-order chi connectivity index (χ1) is 18.7. The molecule has 0 bridgehead atoms. The number of nitro benzene ring substituents is 1. The first-order valence-electron chi connectivity index (χ1n) is 11.8. The minimum absolute atomic E-state index is 0.0164. The molecule has 0 unspecified atom stereocenters. The molecule has 0 aliphatic rings. The molecule has 0 aliphatic heterocycles. The number of oxime groups is 1. The average Bonchev–Trinajstić information content (AvgIpc) is 2.94. The lowest BCUT2D eigenvalue weighted by Crippen LogP contribution is -2.20. The number of ketones is 2. The summed E-state index contributed by atoms with van der Waals surface area (Å²) in [5.41, 5.74) is 1.17. The molecule has 0 spiro atoms. The highest BCUT2D eigenvalue weighted by Crippen LogP contribution is 2.29. The zero-order valence-electron chi connectivity index (χ0n) is 21.0. The van der Waals surface area contributed by atoms with Crippen molar-refractivity contribution in [2.75, 3.05) is 0 Å². The highest BCUT2D eigenvalue weighted by atomic mass is 32.2. The van der Waals surface area contributed by atoms with Crippen LogP contribution in [0.1, 0.15) is 44.3 Å². The van der Waals surface area contributed by atoms with Crippen molar-refractivity contribution in [1.29, 1.82) is 0 Å². The van der Waals surface area contributed by atoms with E-state index in [1.54, 1.807) is 61.5 Å². The van der Waals surface area contributed by atoms with E-state index in [0.29, 0.717) is 16.7 Å². The van der Waals surface area contributed by atoms with Gasteiger partial charge in [-0.25, -0.2) is 4.79 Å². The number of hydrogen-bond acceptors (Lipinski definition) is 8. The maximum absolute atomic E-state index is 13.4. The largest absolute Gasteiger partial charge is 0.332 e. The number of benzene rings is 4. The minimum Gasteiger partial charge on any atom is -0.318 e. The van der Waals surface area contributed by atoms with Crippen molar-refractivity contribution in [2.45, 2.75) is 23.6 Å². The second kappa shape index (κ2) is 12.1. The van der Waals surface area contributed by atoms with E-state index in [1.807, 2.05) is 30.3 Å². The number of nitrogens with zero attached hydrogens (tertiary/aromatic N) is 2. The van der Waals surface area contributed by atoms with Gasteiger partial charge in [-0.1, -0.05) is 59.4 Å². The standard InChI is InChI=1S/C30H22N2O6S/c1-19-7-6-10-26(32(36)37)27(19)28(31-38-20(2)33)30(35)23-13-17-25(18-14-23)39-24-15-11-22(12-16-24)29(34)21-8-4-3-5-9-21/h3-18H,1-2H3. The van der Waals surface area contributed by atoms with E-state index >= 15 is 0 Å². The molecule has 0 aliphatic carbocycles. The molecule has 4 aromatic carbocycles. The van der Waals surface area contributed by atoms with Gasteiger partial charge in [-0.05, 0) is 61.0 Å². The summed E-state index contributed by atoms with van der Waals surface area (Å²) in [6.45, 7) is 2.73. The Balaban J connectivity index is 1.55. The molecule has 194 valence electrons. The van der Waals surface area contributed by atoms with E-state index in [1.165, 1.54) is 23.9 Å². The Bertz CT molecular complexity index is 1580. The van der Waals surface area contributed by atoms with Crippen LogP contribution in [-0.4, -0.2) is 28.2 Å². The highest BCUT2D eigenvalue weighted by Gasteiger charge is 2.27. The molecule has 0 atom stereocenters. The van der Waals surface area contributed by atoms with Crippen molar-refractivity contribution in [2.24, 2.45) is 5.16 Å². The van der Waals surface area contributed by atoms with E-state index < -0.39 is 16.7 Å². The number of carbonyl (C=O) groups is 3. The normalized spacial score (nSPS) is 11.1. The Hall–Kier alpha value is -4.89. The number of aryl methyl sites for hydroxylation is 1. The van der Waals surface area contributed by atoms with Gasteiger partial charge in [0.05, 0.1) is 10.5 Å². The first-order valence-corrected chi connectivity index (χ1v) is 12.6. The molecule has 9 heteroatoms. The quantitative estimate of drug-likeness (QED) is 0.0792. The Morgan fingerprint density at radius 3 is 1.90 bits per heavy atom. The van der Waals surface area contributed by atoms with Gasteiger partial charge in [-0.3, -0.25) is 19.7 Å². The number of rotatable bonds is 9. The lowest BCUT2D eigenvalue weighted by atomic mass is 9.96. The topological polar surface area (TPSA) is 116 Å². The van der Waals surface area contributed by atoms with Crippen LogP contribution in [0.25, 0.3) is 0 Å². The maximum atomic E-state index is 13.4. The summed E-state index contributed by atoms with van der Waals surface area (Å²) in [5.74, 6) is -1.45. The van der Waals surface area contributed by atoms with Gasteiger partial charge in [0.1, 0.15) is 0 Å². The SMILES string of the molecule is CC(=O)ON=C(C(=O)c1ccc(Sc2ccc(C(=O)c3ccccc3)cc2)cc1)c1c(C)cccc1[N+](=O)[O-]. The van der Waals surface area contributed by atoms with Crippen molar-refractivity contribution < 1.29 is 24.1 Å². The zero-order valence-corrected chi connectivity index (χ0v) is 21.8. The number of carbonyl (C=O) groups excluding carboxylic acids is 3. The summed E-state index contributed by atoms with van der Waals surface area (Å²) in [4.78, 5) is 54.9. The number of hydrogen-bond donors (Lipinski definition) is 0. The molecule has 0 aromatic heterocycles. The molecule has 0 amide bonds. The van der Waals surface area contributed by atoms with Crippen molar-refractivity contribution in [3.63, 3.8) is 0 Å². The molecule has 4 aromatic rings. The Kier molecular flexibility index (Phi) is 8.43. The zero-order chi connectivity index (χ0) is 27.9. The van der Waals surface area contributed by atoms with Crippen molar-refractivity contribution in [3.05, 3.63) is 135 Å². The molecule has 0 N–H and O–H groups in total. The van der Waals surface area contributed by atoms with Crippen LogP contribution < -0.4 is 0 Å². The smallest absolute Gasteiger partial charge is 0.318 e. The van der Waals surface area contributed by atoms with Crippen LogP contribution in [0.3, 0.4) is 0 Å². The molecule has 0 radical (unpaired) electrons. The summed E-state index contributed by atoms with van der Waals surface area (Å²) in [7, 11) is 0. The molecule has 0 saturated heterocycles. The molecule has 0 fully saturated rings. The summed E-state index contributed by atoms with van der Waals surface area (Å²) < 4.78 is 0.